The minimum absolute atomic E-state index is 0.0149. The average Bonchev–Trinajstić information content (AvgIpc) is 3.34. The van der Waals surface area contributed by atoms with E-state index < -0.39 is 0 Å². The molecule has 0 fully saturated rings. The Bertz CT molecular complexity index is 831. The molecule has 26 heavy (non-hydrogen) atoms. The molecule has 2 heterocycles. The fourth-order valence-electron chi connectivity index (χ4n) is 2.62. The average molecular weight is 387 g/mol. The standard InChI is InChI=1S/C19H22N4OS2/c1-3-23-18(16-10-7-11-25-16)21-22-19(23)26-13-17(24)20-12-14(2)15-8-5-4-6-9-15/h4-11,14H,3,12-13H2,1-2H3,(H,20,24)/t14-/m1/s1. The lowest BCUT2D eigenvalue weighted by molar-refractivity contribution is -0.118. The zero-order chi connectivity index (χ0) is 18.4. The first kappa shape index (κ1) is 18.7. The Morgan fingerprint density at radius 3 is 2.73 bits per heavy atom. The third kappa shape index (κ3) is 4.53. The lowest BCUT2D eigenvalue weighted by Crippen LogP contribution is -2.29. The molecule has 0 saturated carbocycles. The highest BCUT2D eigenvalue weighted by Crippen LogP contribution is 2.27. The summed E-state index contributed by atoms with van der Waals surface area (Å²) in [5, 5.41) is 14.4. The van der Waals surface area contributed by atoms with E-state index in [1.165, 1.54) is 17.3 Å². The Hall–Kier alpha value is -2.12. The Labute approximate surface area is 161 Å². The van der Waals surface area contributed by atoms with E-state index in [4.69, 9.17) is 0 Å². The van der Waals surface area contributed by atoms with Gasteiger partial charge in [0.15, 0.2) is 11.0 Å². The van der Waals surface area contributed by atoms with E-state index in [0.29, 0.717) is 12.3 Å². The summed E-state index contributed by atoms with van der Waals surface area (Å²) in [5.74, 6) is 1.50. The minimum Gasteiger partial charge on any atom is -0.355 e. The van der Waals surface area contributed by atoms with Crippen LogP contribution in [-0.4, -0.2) is 33.0 Å². The molecule has 7 heteroatoms. The predicted molar refractivity (Wildman–Crippen MR) is 108 cm³/mol. The van der Waals surface area contributed by atoms with Crippen LogP contribution in [0.1, 0.15) is 25.3 Å². The summed E-state index contributed by atoms with van der Waals surface area (Å²) in [5.41, 5.74) is 1.23. The van der Waals surface area contributed by atoms with E-state index in [-0.39, 0.29) is 11.8 Å². The number of aromatic nitrogens is 3. The van der Waals surface area contributed by atoms with Gasteiger partial charge in [0.1, 0.15) is 0 Å². The molecule has 3 aromatic rings. The molecule has 1 aromatic carbocycles. The third-order valence-electron chi connectivity index (χ3n) is 4.08. The van der Waals surface area contributed by atoms with Crippen LogP contribution in [0, 0.1) is 0 Å². The van der Waals surface area contributed by atoms with Crippen molar-refractivity contribution in [1.82, 2.24) is 20.1 Å². The molecule has 0 saturated heterocycles. The van der Waals surface area contributed by atoms with Crippen molar-refractivity contribution < 1.29 is 4.79 Å². The van der Waals surface area contributed by atoms with Crippen LogP contribution < -0.4 is 5.32 Å². The van der Waals surface area contributed by atoms with Gasteiger partial charge in [0.05, 0.1) is 10.6 Å². The number of rotatable bonds is 8. The van der Waals surface area contributed by atoms with Crippen molar-refractivity contribution in [3.05, 3.63) is 53.4 Å². The van der Waals surface area contributed by atoms with Gasteiger partial charge >= 0.3 is 0 Å². The molecule has 0 unspecified atom stereocenters. The lowest BCUT2D eigenvalue weighted by atomic mass is 10.0. The molecule has 1 N–H and O–H groups in total. The van der Waals surface area contributed by atoms with Crippen molar-refractivity contribution >= 4 is 29.0 Å². The zero-order valence-electron chi connectivity index (χ0n) is 14.9. The van der Waals surface area contributed by atoms with E-state index in [1.54, 1.807) is 11.3 Å². The van der Waals surface area contributed by atoms with Crippen molar-refractivity contribution in [2.45, 2.75) is 31.5 Å². The summed E-state index contributed by atoms with van der Waals surface area (Å²) < 4.78 is 2.05. The van der Waals surface area contributed by atoms with E-state index in [1.807, 2.05) is 35.7 Å². The lowest BCUT2D eigenvalue weighted by Gasteiger charge is -2.13. The normalized spacial score (nSPS) is 12.1. The van der Waals surface area contributed by atoms with Crippen molar-refractivity contribution in [3.63, 3.8) is 0 Å². The van der Waals surface area contributed by atoms with Gasteiger partial charge in [-0.1, -0.05) is 55.1 Å². The molecule has 2 aromatic heterocycles. The molecule has 5 nitrogen and oxygen atoms in total. The number of benzene rings is 1. The van der Waals surface area contributed by atoms with E-state index >= 15 is 0 Å². The van der Waals surface area contributed by atoms with Gasteiger partial charge in [0, 0.05) is 13.1 Å². The number of thioether (sulfide) groups is 1. The zero-order valence-corrected chi connectivity index (χ0v) is 16.5. The summed E-state index contributed by atoms with van der Waals surface area (Å²) >= 11 is 3.07. The van der Waals surface area contributed by atoms with E-state index in [9.17, 15) is 4.79 Å². The first-order valence-corrected chi connectivity index (χ1v) is 10.5. The van der Waals surface area contributed by atoms with Crippen LogP contribution in [0.3, 0.4) is 0 Å². The number of carbonyl (C=O) groups excluding carboxylic acids is 1. The number of hydrogen-bond donors (Lipinski definition) is 1. The Kier molecular flexibility index (Phi) is 6.46. The van der Waals surface area contributed by atoms with Gasteiger partial charge < -0.3 is 9.88 Å². The summed E-state index contributed by atoms with van der Waals surface area (Å²) in [7, 11) is 0. The SMILES string of the molecule is CCn1c(SCC(=O)NC[C@@H](C)c2ccccc2)nnc1-c1cccs1. The second kappa shape index (κ2) is 9.00. The van der Waals surface area contributed by atoms with Gasteiger partial charge in [-0.15, -0.1) is 21.5 Å². The van der Waals surface area contributed by atoms with Crippen molar-refractivity contribution in [2.24, 2.45) is 0 Å². The molecule has 0 bridgehead atoms. The first-order valence-electron chi connectivity index (χ1n) is 8.60. The third-order valence-corrected chi connectivity index (χ3v) is 5.91. The smallest absolute Gasteiger partial charge is 0.230 e. The highest BCUT2D eigenvalue weighted by atomic mass is 32.2. The van der Waals surface area contributed by atoms with Crippen molar-refractivity contribution in [3.8, 4) is 10.7 Å². The second-order valence-electron chi connectivity index (χ2n) is 5.93. The van der Waals surface area contributed by atoms with Crippen LogP contribution in [-0.2, 0) is 11.3 Å². The summed E-state index contributed by atoms with van der Waals surface area (Å²) in [6, 6.07) is 14.2. The highest BCUT2D eigenvalue weighted by Gasteiger charge is 2.15. The van der Waals surface area contributed by atoms with Crippen LogP contribution in [0.5, 0.6) is 0 Å². The fourth-order valence-corrected chi connectivity index (χ4v) is 4.17. The molecule has 0 aliphatic heterocycles. The number of hydrogen-bond acceptors (Lipinski definition) is 5. The topological polar surface area (TPSA) is 59.8 Å². The quantitative estimate of drug-likeness (QED) is 0.594. The van der Waals surface area contributed by atoms with Crippen LogP contribution in [0.25, 0.3) is 10.7 Å². The van der Waals surface area contributed by atoms with Gasteiger partial charge in [0.25, 0.3) is 0 Å². The number of nitrogens with zero attached hydrogens (tertiary/aromatic N) is 3. The Morgan fingerprint density at radius 1 is 1.23 bits per heavy atom. The van der Waals surface area contributed by atoms with Crippen LogP contribution in [0.2, 0.25) is 0 Å². The van der Waals surface area contributed by atoms with Crippen LogP contribution >= 0.6 is 23.1 Å². The highest BCUT2D eigenvalue weighted by molar-refractivity contribution is 7.99. The van der Waals surface area contributed by atoms with Gasteiger partial charge in [-0.05, 0) is 29.9 Å². The van der Waals surface area contributed by atoms with E-state index in [0.717, 1.165) is 22.4 Å². The van der Waals surface area contributed by atoms with Gasteiger partial charge in [-0.2, -0.15) is 0 Å². The minimum atomic E-state index is 0.0149. The molecule has 0 aliphatic carbocycles. The fraction of sp³-hybridized carbons (Fsp3) is 0.316. The largest absolute Gasteiger partial charge is 0.355 e. The molecule has 1 atom stereocenters. The number of thiophene rings is 1. The molecule has 0 aliphatic rings. The maximum absolute atomic E-state index is 12.2. The van der Waals surface area contributed by atoms with Gasteiger partial charge in [-0.25, -0.2) is 0 Å². The van der Waals surface area contributed by atoms with Crippen LogP contribution in [0.4, 0.5) is 0 Å². The molecule has 1 amide bonds. The van der Waals surface area contributed by atoms with Gasteiger partial charge in [0.2, 0.25) is 5.91 Å². The van der Waals surface area contributed by atoms with Crippen molar-refractivity contribution in [1.29, 1.82) is 0 Å². The van der Waals surface area contributed by atoms with Crippen LogP contribution in [0.15, 0.2) is 53.0 Å². The van der Waals surface area contributed by atoms with Crippen molar-refractivity contribution in [2.75, 3.05) is 12.3 Å². The summed E-state index contributed by atoms with van der Waals surface area (Å²) in [6.45, 7) is 5.58. The number of nitrogens with one attached hydrogen (secondary N) is 1. The summed E-state index contributed by atoms with van der Waals surface area (Å²) in [6.07, 6.45) is 0. The summed E-state index contributed by atoms with van der Waals surface area (Å²) in [4.78, 5) is 13.3. The maximum Gasteiger partial charge on any atom is 0.230 e. The van der Waals surface area contributed by atoms with E-state index in [2.05, 4.69) is 46.1 Å². The first-order chi connectivity index (χ1) is 12.7. The maximum atomic E-state index is 12.2. The molecule has 3 rings (SSSR count). The predicted octanol–water partition coefficient (Wildman–Crippen LogP) is 4.04. The molecular formula is C19H22N4OS2. The van der Waals surface area contributed by atoms with Gasteiger partial charge in [-0.3, -0.25) is 4.79 Å². The Balaban J connectivity index is 1.53. The number of carbonyl (C=O) groups is 1. The molecule has 0 spiro atoms. The molecule has 136 valence electrons. The molecule has 0 radical (unpaired) electrons. The second-order valence-corrected chi connectivity index (χ2v) is 7.82. The molecular weight excluding hydrogens is 364 g/mol. The monoisotopic (exact) mass is 386 g/mol. The Morgan fingerprint density at radius 2 is 2.04 bits per heavy atom. The number of amides is 1.